The van der Waals surface area contributed by atoms with Crippen molar-refractivity contribution in [3.63, 3.8) is 0 Å². The maximum absolute atomic E-state index is 11.7. The Morgan fingerprint density at radius 3 is 2.60 bits per heavy atom. The minimum absolute atomic E-state index is 0.0751. The van der Waals surface area contributed by atoms with Crippen molar-refractivity contribution in [1.82, 2.24) is 4.90 Å². The lowest BCUT2D eigenvalue weighted by atomic mass is 10.1. The van der Waals surface area contributed by atoms with E-state index >= 15 is 0 Å². The Bertz CT molecular complexity index is 339. The molecule has 0 aromatic heterocycles. The fourth-order valence-corrected chi connectivity index (χ4v) is 3.47. The number of carbonyl (C=O) groups excluding carboxylic acids is 1. The molecule has 1 amide bonds. The first-order valence-corrected chi connectivity index (χ1v) is 6.92. The van der Waals surface area contributed by atoms with Crippen LogP contribution in [0.25, 0.3) is 0 Å². The van der Waals surface area contributed by atoms with Crippen LogP contribution in [0.15, 0.2) is 0 Å². The van der Waals surface area contributed by atoms with E-state index in [9.17, 15) is 13.2 Å². The first kappa shape index (κ1) is 12.4. The standard InChI is InChI=1S/C9H18N2O3S/c1-3-8(10)9(12)11(2)7-4-5-15(13,14)6-7/h7-8H,3-6,10H2,1-2H3/t7?,8-/m1/s1. The summed E-state index contributed by atoms with van der Waals surface area (Å²) < 4.78 is 22.5. The van der Waals surface area contributed by atoms with E-state index in [1.165, 1.54) is 4.90 Å². The molecule has 1 saturated heterocycles. The van der Waals surface area contributed by atoms with Gasteiger partial charge in [-0.05, 0) is 12.8 Å². The smallest absolute Gasteiger partial charge is 0.239 e. The highest BCUT2D eigenvalue weighted by Crippen LogP contribution is 2.17. The summed E-state index contributed by atoms with van der Waals surface area (Å²) in [5.74, 6) is 0.0853. The van der Waals surface area contributed by atoms with Crippen LogP contribution in [0.4, 0.5) is 0 Å². The van der Waals surface area contributed by atoms with Crippen LogP contribution in [0.5, 0.6) is 0 Å². The van der Waals surface area contributed by atoms with Crippen LogP contribution in [0.2, 0.25) is 0 Å². The van der Waals surface area contributed by atoms with Crippen LogP contribution in [0.1, 0.15) is 19.8 Å². The van der Waals surface area contributed by atoms with Gasteiger partial charge in [-0.3, -0.25) is 4.79 Å². The van der Waals surface area contributed by atoms with E-state index in [4.69, 9.17) is 5.73 Å². The first-order valence-electron chi connectivity index (χ1n) is 5.10. The Morgan fingerprint density at radius 2 is 2.20 bits per heavy atom. The van der Waals surface area contributed by atoms with E-state index in [2.05, 4.69) is 0 Å². The van der Waals surface area contributed by atoms with Crippen LogP contribution in [-0.4, -0.2) is 49.9 Å². The van der Waals surface area contributed by atoms with Crippen molar-refractivity contribution in [3.05, 3.63) is 0 Å². The van der Waals surface area contributed by atoms with Crippen LogP contribution >= 0.6 is 0 Å². The van der Waals surface area contributed by atoms with Gasteiger partial charge in [0.25, 0.3) is 0 Å². The molecule has 0 aliphatic carbocycles. The summed E-state index contributed by atoms with van der Waals surface area (Å²) in [7, 11) is -1.31. The number of carbonyl (C=O) groups is 1. The SMILES string of the molecule is CC[C@@H](N)C(=O)N(C)C1CCS(=O)(=O)C1. The van der Waals surface area contributed by atoms with Gasteiger partial charge in [0, 0.05) is 13.1 Å². The summed E-state index contributed by atoms with van der Waals surface area (Å²) in [4.78, 5) is 13.2. The molecule has 0 saturated carbocycles. The Kier molecular flexibility index (Phi) is 3.72. The molecule has 1 unspecified atom stereocenters. The van der Waals surface area contributed by atoms with Crippen molar-refractivity contribution in [3.8, 4) is 0 Å². The van der Waals surface area contributed by atoms with Crippen molar-refractivity contribution >= 4 is 15.7 Å². The zero-order chi connectivity index (χ0) is 11.6. The van der Waals surface area contributed by atoms with Gasteiger partial charge in [0.2, 0.25) is 5.91 Å². The summed E-state index contributed by atoms with van der Waals surface area (Å²) >= 11 is 0. The number of rotatable bonds is 3. The van der Waals surface area contributed by atoms with Gasteiger partial charge in [-0.25, -0.2) is 8.42 Å². The lowest BCUT2D eigenvalue weighted by molar-refractivity contribution is -0.132. The molecule has 1 aliphatic heterocycles. The lowest BCUT2D eigenvalue weighted by Crippen LogP contribution is -2.46. The maximum Gasteiger partial charge on any atom is 0.239 e. The van der Waals surface area contributed by atoms with Gasteiger partial charge in [0.05, 0.1) is 17.5 Å². The van der Waals surface area contributed by atoms with Crippen LogP contribution in [-0.2, 0) is 14.6 Å². The first-order chi connectivity index (χ1) is 6.87. The number of nitrogens with zero attached hydrogens (tertiary/aromatic N) is 1. The van der Waals surface area contributed by atoms with Gasteiger partial charge >= 0.3 is 0 Å². The summed E-state index contributed by atoms with van der Waals surface area (Å²) in [6, 6.07) is -0.710. The van der Waals surface area contributed by atoms with Crippen LogP contribution in [0.3, 0.4) is 0 Å². The van der Waals surface area contributed by atoms with E-state index in [1.807, 2.05) is 6.92 Å². The third-order valence-corrected chi connectivity index (χ3v) is 4.61. The molecule has 2 N–H and O–H groups in total. The monoisotopic (exact) mass is 234 g/mol. The average molecular weight is 234 g/mol. The molecule has 5 nitrogen and oxygen atoms in total. The Balaban J connectivity index is 2.63. The van der Waals surface area contributed by atoms with Gasteiger partial charge < -0.3 is 10.6 Å². The zero-order valence-corrected chi connectivity index (χ0v) is 9.96. The molecular weight excluding hydrogens is 216 g/mol. The normalized spacial score (nSPS) is 26.2. The van der Waals surface area contributed by atoms with Crippen molar-refractivity contribution in [2.24, 2.45) is 5.73 Å². The number of sulfone groups is 1. The molecule has 1 rings (SSSR count). The predicted molar refractivity (Wildman–Crippen MR) is 58.1 cm³/mol. The molecular formula is C9H18N2O3S. The van der Waals surface area contributed by atoms with Crippen molar-refractivity contribution in [2.75, 3.05) is 18.6 Å². The molecule has 1 heterocycles. The fourth-order valence-electron chi connectivity index (χ4n) is 1.70. The van der Waals surface area contributed by atoms with Crippen molar-refractivity contribution < 1.29 is 13.2 Å². The molecule has 6 heteroatoms. The molecule has 0 aromatic rings. The molecule has 0 aromatic carbocycles. The highest BCUT2D eigenvalue weighted by atomic mass is 32.2. The largest absolute Gasteiger partial charge is 0.340 e. The van der Waals surface area contributed by atoms with Crippen molar-refractivity contribution in [1.29, 1.82) is 0 Å². The second kappa shape index (κ2) is 4.49. The van der Waals surface area contributed by atoms with E-state index in [1.54, 1.807) is 7.05 Å². The maximum atomic E-state index is 11.7. The van der Waals surface area contributed by atoms with Gasteiger partial charge in [0.15, 0.2) is 9.84 Å². The molecule has 2 atom stereocenters. The summed E-state index contributed by atoms with van der Waals surface area (Å²) in [5, 5.41) is 0. The van der Waals surface area contributed by atoms with Gasteiger partial charge in [0.1, 0.15) is 0 Å². The van der Waals surface area contributed by atoms with Gasteiger partial charge in [-0.1, -0.05) is 6.92 Å². The van der Waals surface area contributed by atoms with Crippen molar-refractivity contribution in [2.45, 2.75) is 31.8 Å². The van der Waals surface area contributed by atoms with E-state index in [0.717, 1.165) is 0 Å². The number of hydrogen-bond donors (Lipinski definition) is 1. The number of amides is 1. The second-order valence-corrected chi connectivity index (χ2v) is 6.25. The lowest BCUT2D eigenvalue weighted by Gasteiger charge is -2.25. The summed E-state index contributed by atoms with van der Waals surface area (Å²) in [6.45, 7) is 1.84. The Hall–Kier alpha value is -0.620. The van der Waals surface area contributed by atoms with Crippen LogP contribution < -0.4 is 5.73 Å². The second-order valence-electron chi connectivity index (χ2n) is 4.02. The molecule has 15 heavy (non-hydrogen) atoms. The topological polar surface area (TPSA) is 80.5 Å². The number of likely N-dealkylation sites (N-methyl/N-ethyl adjacent to an activating group) is 1. The molecule has 0 spiro atoms. The quantitative estimate of drug-likeness (QED) is 0.705. The Morgan fingerprint density at radius 1 is 1.60 bits per heavy atom. The summed E-state index contributed by atoms with van der Waals surface area (Å²) in [5.41, 5.74) is 5.61. The predicted octanol–water partition coefficient (Wildman–Crippen LogP) is -0.631. The third-order valence-electron chi connectivity index (χ3n) is 2.86. The van der Waals surface area contributed by atoms with E-state index in [0.29, 0.717) is 12.8 Å². The molecule has 0 radical (unpaired) electrons. The van der Waals surface area contributed by atoms with Gasteiger partial charge in [-0.2, -0.15) is 0 Å². The van der Waals surface area contributed by atoms with E-state index in [-0.39, 0.29) is 23.5 Å². The number of nitrogens with two attached hydrogens (primary N) is 1. The minimum Gasteiger partial charge on any atom is -0.340 e. The van der Waals surface area contributed by atoms with Crippen LogP contribution in [0, 0.1) is 0 Å². The minimum atomic E-state index is -2.94. The van der Waals surface area contributed by atoms with Gasteiger partial charge in [-0.15, -0.1) is 0 Å². The molecule has 88 valence electrons. The third kappa shape index (κ3) is 2.92. The molecule has 1 fully saturated rings. The highest BCUT2D eigenvalue weighted by molar-refractivity contribution is 7.91. The van der Waals surface area contributed by atoms with E-state index < -0.39 is 15.9 Å². The highest BCUT2D eigenvalue weighted by Gasteiger charge is 2.33. The zero-order valence-electron chi connectivity index (χ0n) is 9.14. The molecule has 1 aliphatic rings. The fraction of sp³-hybridized carbons (Fsp3) is 0.889. The Labute approximate surface area is 90.5 Å². The number of hydrogen-bond acceptors (Lipinski definition) is 4. The summed E-state index contributed by atoms with van der Waals surface area (Å²) in [6.07, 6.45) is 1.10. The molecule has 0 bridgehead atoms. The average Bonchev–Trinajstić information content (AvgIpc) is 2.55.